The van der Waals surface area contributed by atoms with E-state index in [4.69, 9.17) is 0 Å². The van der Waals surface area contributed by atoms with Crippen molar-refractivity contribution in [1.29, 1.82) is 0 Å². The van der Waals surface area contributed by atoms with Gasteiger partial charge in [-0.2, -0.15) is 0 Å². The van der Waals surface area contributed by atoms with Crippen molar-refractivity contribution in [2.75, 3.05) is 11.9 Å². The van der Waals surface area contributed by atoms with E-state index in [0.29, 0.717) is 5.69 Å². The average molecular weight is 356 g/mol. The zero-order valence-electron chi connectivity index (χ0n) is 13.5. The smallest absolute Gasteiger partial charge is 0.324 e. The van der Waals surface area contributed by atoms with Crippen LogP contribution < -0.4 is 10.6 Å². The number of hydrogen-bond donors (Lipinski definition) is 2. The predicted molar refractivity (Wildman–Crippen MR) is 94.9 cm³/mol. The van der Waals surface area contributed by atoms with Crippen LogP contribution in [0.5, 0.6) is 0 Å². The Kier molecular flexibility index (Phi) is 4.90. The summed E-state index contributed by atoms with van der Waals surface area (Å²) in [5.41, 5.74) is 2.08. The van der Waals surface area contributed by atoms with Gasteiger partial charge < -0.3 is 10.6 Å². The molecule has 0 radical (unpaired) electrons. The molecule has 7 nitrogen and oxygen atoms in total. The fourth-order valence-electron chi connectivity index (χ4n) is 2.35. The number of imide groups is 1. The number of anilines is 1. The highest BCUT2D eigenvalue weighted by Gasteiger charge is 2.28. The Morgan fingerprint density at radius 3 is 2.96 bits per heavy atom. The van der Waals surface area contributed by atoms with Crippen LogP contribution in [-0.2, 0) is 16.1 Å². The van der Waals surface area contributed by atoms with Crippen LogP contribution in [0.15, 0.2) is 35.7 Å². The molecule has 4 amide bonds. The summed E-state index contributed by atoms with van der Waals surface area (Å²) in [5.74, 6) is -0.543. The van der Waals surface area contributed by atoms with E-state index >= 15 is 0 Å². The van der Waals surface area contributed by atoms with Crippen molar-refractivity contribution >= 4 is 40.9 Å². The van der Waals surface area contributed by atoms with Gasteiger partial charge in [0.05, 0.1) is 23.8 Å². The molecule has 0 atom stereocenters. The van der Waals surface area contributed by atoms with Gasteiger partial charge in [-0.25, -0.2) is 9.78 Å². The first-order valence-corrected chi connectivity index (χ1v) is 8.47. The van der Waals surface area contributed by atoms with E-state index in [1.807, 2.05) is 12.3 Å². The van der Waals surface area contributed by atoms with Gasteiger partial charge in [-0.15, -0.1) is 11.3 Å². The van der Waals surface area contributed by atoms with E-state index in [-0.39, 0.29) is 24.9 Å². The number of nitrogens with one attached hydrogen (secondary N) is 2. The van der Waals surface area contributed by atoms with Crippen LogP contribution in [0.3, 0.4) is 0 Å². The Bertz CT molecular complexity index is 843. The maximum atomic E-state index is 12.0. The van der Waals surface area contributed by atoms with Crippen molar-refractivity contribution in [2.45, 2.75) is 13.5 Å². The van der Waals surface area contributed by atoms with Crippen LogP contribution >= 0.6 is 11.3 Å². The van der Waals surface area contributed by atoms with Gasteiger partial charge in [-0.3, -0.25) is 14.5 Å². The van der Waals surface area contributed by atoms with Gasteiger partial charge in [0.25, 0.3) is 0 Å². The molecule has 1 aromatic carbocycles. The van der Waals surface area contributed by atoms with E-state index in [2.05, 4.69) is 15.6 Å². The lowest BCUT2D eigenvalue weighted by molar-refractivity contribution is -0.125. The lowest BCUT2D eigenvalue weighted by atomic mass is 10.2. The Morgan fingerprint density at radius 1 is 1.44 bits per heavy atom. The number of rotatable bonds is 5. The Morgan fingerprint density at radius 2 is 2.28 bits per heavy atom. The summed E-state index contributed by atoms with van der Waals surface area (Å²) in [5, 5.41) is 8.04. The number of urea groups is 1. The third kappa shape index (κ3) is 4.30. The average Bonchev–Trinajstić information content (AvgIpc) is 3.13. The molecule has 128 valence electrons. The second kappa shape index (κ2) is 7.27. The van der Waals surface area contributed by atoms with Gasteiger partial charge in [-0.1, -0.05) is 12.1 Å². The maximum Gasteiger partial charge on any atom is 0.324 e. The molecule has 1 aliphatic rings. The van der Waals surface area contributed by atoms with Gasteiger partial charge in [0.15, 0.2) is 0 Å². The minimum atomic E-state index is -0.402. The molecule has 2 aromatic rings. The fraction of sp³-hybridized carbons (Fsp3) is 0.176. The van der Waals surface area contributed by atoms with E-state index in [9.17, 15) is 14.4 Å². The fourth-order valence-corrected chi connectivity index (χ4v) is 2.93. The summed E-state index contributed by atoms with van der Waals surface area (Å²) in [6, 6.07) is 6.63. The molecule has 1 saturated heterocycles. The summed E-state index contributed by atoms with van der Waals surface area (Å²) in [7, 11) is 0. The number of benzene rings is 1. The number of hydrogen-bond acceptors (Lipinski definition) is 5. The molecular weight excluding hydrogens is 340 g/mol. The Labute approximate surface area is 148 Å². The first-order valence-electron chi connectivity index (χ1n) is 7.59. The number of carbonyl (C=O) groups is 3. The summed E-state index contributed by atoms with van der Waals surface area (Å²) in [6.07, 6.45) is 3.06. The Hall–Kier alpha value is -3.00. The molecule has 0 bridgehead atoms. The molecule has 1 aromatic heterocycles. The summed E-state index contributed by atoms with van der Waals surface area (Å²) < 4.78 is 0. The van der Waals surface area contributed by atoms with Gasteiger partial charge in [-0.05, 0) is 30.7 Å². The standard InChI is InChI=1S/C17H16N4O3S/c1-11-19-14(10-25-11)5-6-15(22)20-13-4-2-3-12(7-13)9-21-16(23)8-18-17(21)24/h2-7,10H,8-9H2,1H3,(H,18,24)(H,20,22)/b6-5+. The normalized spacial score (nSPS) is 14.2. The number of thiazole rings is 1. The van der Waals surface area contributed by atoms with Crippen LogP contribution in [0.1, 0.15) is 16.3 Å². The molecule has 0 saturated carbocycles. The molecule has 25 heavy (non-hydrogen) atoms. The molecule has 0 unspecified atom stereocenters. The molecule has 0 aliphatic carbocycles. The molecule has 1 aliphatic heterocycles. The Balaban J connectivity index is 1.63. The second-order valence-corrected chi connectivity index (χ2v) is 6.52. The van der Waals surface area contributed by atoms with Gasteiger partial charge in [0, 0.05) is 17.1 Å². The first-order chi connectivity index (χ1) is 12.0. The van der Waals surface area contributed by atoms with E-state index in [1.54, 1.807) is 30.3 Å². The summed E-state index contributed by atoms with van der Waals surface area (Å²) in [6.45, 7) is 2.09. The van der Waals surface area contributed by atoms with Crippen molar-refractivity contribution in [3.63, 3.8) is 0 Å². The molecule has 3 rings (SSSR count). The molecule has 0 spiro atoms. The number of carbonyl (C=O) groups excluding carboxylic acids is 3. The summed E-state index contributed by atoms with van der Waals surface area (Å²) in [4.78, 5) is 40.6. The molecule has 1 fully saturated rings. The third-order valence-electron chi connectivity index (χ3n) is 3.51. The van der Waals surface area contributed by atoms with Crippen LogP contribution in [0.4, 0.5) is 10.5 Å². The van der Waals surface area contributed by atoms with Gasteiger partial charge in [0.1, 0.15) is 0 Å². The van der Waals surface area contributed by atoms with E-state index < -0.39 is 6.03 Å². The zero-order valence-corrected chi connectivity index (χ0v) is 14.3. The van der Waals surface area contributed by atoms with Gasteiger partial charge in [0.2, 0.25) is 11.8 Å². The lowest BCUT2D eigenvalue weighted by Crippen LogP contribution is -2.30. The van der Waals surface area contributed by atoms with Crippen molar-refractivity contribution in [1.82, 2.24) is 15.2 Å². The second-order valence-electron chi connectivity index (χ2n) is 5.45. The largest absolute Gasteiger partial charge is 0.329 e. The highest BCUT2D eigenvalue weighted by Crippen LogP contribution is 2.15. The number of amides is 4. The van der Waals surface area contributed by atoms with Gasteiger partial charge >= 0.3 is 6.03 Å². The molecule has 2 N–H and O–H groups in total. The van der Waals surface area contributed by atoms with Crippen LogP contribution in [0.25, 0.3) is 6.08 Å². The van der Waals surface area contributed by atoms with Crippen molar-refractivity contribution in [2.24, 2.45) is 0 Å². The van der Waals surface area contributed by atoms with Crippen LogP contribution in [0.2, 0.25) is 0 Å². The minimum absolute atomic E-state index is 0.0240. The third-order valence-corrected chi connectivity index (χ3v) is 4.31. The number of aryl methyl sites for hydroxylation is 1. The van der Waals surface area contributed by atoms with Crippen molar-refractivity contribution in [3.05, 3.63) is 52.0 Å². The van der Waals surface area contributed by atoms with Crippen molar-refractivity contribution < 1.29 is 14.4 Å². The summed E-state index contributed by atoms with van der Waals surface area (Å²) >= 11 is 1.52. The van der Waals surface area contributed by atoms with E-state index in [1.165, 1.54) is 17.4 Å². The highest BCUT2D eigenvalue weighted by atomic mass is 32.1. The lowest BCUT2D eigenvalue weighted by Gasteiger charge is -2.13. The highest BCUT2D eigenvalue weighted by molar-refractivity contribution is 7.09. The molecular formula is C17H16N4O3S. The zero-order chi connectivity index (χ0) is 17.8. The van der Waals surface area contributed by atoms with Crippen LogP contribution in [0, 0.1) is 6.92 Å². The topological polar surface area (TPSA) is 91.4 Å². The molecule has 8 heteroatoms. The van der Waals surface area contributed by atoms with Crippen molar-refractivity contribution in [3.8, 4) is 0 Å². The quantitative estimate of drug-likeness (QED) is 0.634. The molecule has 2 heterocycles. The number of aromatic nitrogens is 1. The van der Waals surface area contributed by atoms with Crippen LogP contribution in [-0.4, -0.2) is 34.3 Å². The minimum Gasteiger partial charge on any atom is -0.329 e. The first kappa shape index (κ1) is 16.8. The monoisotopic (exact) mass is 356 g/mol. The SMILES string of the molecule is Cc1nc(/C=C/C(=O)Nc2cccc(CN3C(=O)CNC3=O)c2)cs1. The van der Waals surface area contributed by atoms with E-state index in [0.717, 1.165) is 21.2 Å². The predicted octanol–water partition coefficient (Wildman–Crippen LogP) is 2.16. The number of nitrogens with zero attached hydrogens (tertiary/aromatic N) is 2. The maximum absolute atomic E-state index is 12.0.